The van der Waals surface area contributed by atoms with Crippen LogP contribution in [0, 0.1) is 0 Å². The molecule has 1 aliphatic rings. The number of rotatable bonds is 3. The highest BCUT2D eigenvalue weighted by molar-refractivity contribution is 5.80. The molecule has 0 aromatic carbocycles. The lowest BCUT2D eigenvalue weighted by Crippen LogP contribution is -2.55. The molecule has 13 heavy (non-hydrogen) atoms. The second-order valence-electron chi connectivity index (χ2n) is 3.22. The molecule has 1 fully saturated rings. The molecule has 0 aromatic rings. The molecule has 76 valence electrons. The molecule has 1 N–H and O–H groups in total. The molecule has 0 radical (unpaired) electrons. The number of methoxy groups -OCH3 is 1. The van der Waals surface area contributed by atoms with Crippen molar-refractivity contribution in [1.82, 2.24) is 5.32 Å². The number of carbonyl (C=O) groups is 1. The van der Waals surface area contributed by atoms with Crippen LogP contribution in [-0.4, -0.2) is 38.4 Å². The van der Waals surface area contributed by atoms with E-state index in [-0.39, 0.29) is 5.97 Å². The summed E-state index contributed by atoms with van der Waals surface area (Å²) in [5.41, 5.74) is -0.498. The van der Waals surface area contributed by atoms with E-state index in [0.29, 0.717) is 26.1 Å². The van der Waals surface area contributed by atoms with Gasteiger partial charge in [0, 0.05) is 13.2 Å². The van der Waals surface area contributed by atoms with Crippen LogP contribution in [0.2, 0.25) is 0 Å². The van der Waals surface area contributed by atoms with Gasteiger partial charge in [-0.05, 0) is 19.4 Å². The normalized spacial score (nSPS) is 21.1. The Bertz CT molecular complexity index is 170. The summed E-state index contributed by atoms with van der Waals surface area (Å²) in [6.45, 7) is 4.01. The first-order valence-electron chi connectivity index (χ1n) is 4.66. The second kappa shape index (κ2) is 4.58. The zero-order valence-electron chi connectivity index (χ0n) is 8.26. The molecule has 0 bridgehead atoms. The number of nitrogens with one attached hydrogen (secondary N) is 1. The summed E-state index contributed by atoms with van der Waals surface area (Å²) < 4.78 is 10.0. The summed E-state index contributed by atoms with van der Waals surface area (Å²) in [5.74, 6) is -0.169. The zero-order chi connectivity index (χ0) is 9.73. The van der Waals surface area contributed by atoms with E-state index in [4.69, 9.17) is 9.47 Å². The molecule has 1 rings (SSSR count). The maximum absolute atomic E-state index is 11.5. The molecule has 0 aromatic heterocycles. The van der Waals surface area contributed by atoms with Crippen LogP contribution in [0.15, 0.2) is 0 Å². The lowest BCUT2D eigenvalue weighted by atomic mass is 9.90. The average Bonchev–Trinajstić information content (AvgIpc) is 2.18. The van der Waals surface area contributed by atoms with Gasteiger partial charge >= 0.3 is 5.97 Å². The molecule has 0 aliphatic carbocycles. The lowest BCUT2D eigenvalue weighted by Gasteiger charge is -2.34. The van der Waals surface area contributed by atoms with Crippen molar-refractivity contribution < 1.29 is 14.3 Å². The van der Waals surface area contributed by atoms with E-state index in [1.165, 1.54) is 7.11 Å². The van der Waals surface area contributed by atoms with Crippen molar-refractivity contribution in [3.05, 3.63) is 0 Å². The maximum atomic E-state index is 11.5. The minimum absolute atomic E-state index is 0.169. The van der Waals surface area contributed by atoms with Gasteiger partial charge in [0.2, 0.25) is 0 Å². The first-order chi connectivity index (χ1) is 6.25. The van der Waals surface area contributed by atoms with Crippen LogP contribution < -0.4 is 5.32 Å². The fraction of sp³-hybridized carbons (Fsp3) is 0.889. The summed E-state index contributed by atoms with van der Waals surface area (Å²) >= 11 is 0. The van der Waals surface area contributed by atoms with E-state index >= 15 is 0 Å². The van der Waals surface area contributed by atoms with Crippen molar-refractivity contribution in [3.8, 4) is 0 Å². The molecule has 0 unspecified atom stereocenters. The molecule has 4 nitrogen and oxygen atoms in total. The van der Waals surface area contributed by atoms with Gasteiger partial charge in [-0.2, -0.15) is 0 Å². The highest BCUT2D eigenvalue weighted by Crippen LogP contribution is 2.21. The van der Waals surface area contributed by atoms with E-state index in [1.807, 2.05) is 6.92 Å². The smallest absolute Gasteiger partial charge is 0.326 e. The van der Waals surface area contributed by atoms with Crippen molar-refractivity contribution in [2.24, 2.45) is 0 Å². The van der Waals surface area contributed by atoms with Gasteiger partial charge in [-0.25, -0.2) is 0 Å². The summed E-state index contributed by atoms with van der Waals surface area (Å²) in [5, 5.41) is 3.19. The van der Waals surface area contributed by atoms with Gasteiger partial charge in [0.05, 0.1) is 7.11 Å². The average molecular weight is 187 g/mol. The molecule has 0 atom stereocenters. The Morgan fingerprint density at radius 3 is 2.62 bits per heavy atom. The van der Waals surface area contributed by atoms with Gasteiger partial charge < -0.3 is 14.8 Å². The minimum Gasteiger partial charge on any atom is -0.468 e. The predicted octanol–water partition coefficient (Wildman–Crippen LogP) is 0.318. The van der Waals surface area contributed by atoms with E-state index in [9.17, 15) is 4.79 Å². The van der Waals surface area contributed by atoms with Gasteiger partial charge in [-0.15, -0.1) is 0 Å². The van der Waals surface area contributed by atoms with Gasteiger partial charge in [0.25, 0.3) is 0 Å². The van der Waals surface area contributed by atoms with Crippen LogP contribution >= 0.6 is 0 Å². The third kappa shape index (κ3) is 2.19. The van der Waals surface area contributed by atoms with E-state index < -0.39 is 5.54 Å². The molecule has 1 heterocycles. The van der Waals surface area contributed by atoms with Crippen molar-refractivity contribution >= 4 is 5.97 Å². The maximum Gasteiger partial charge on any atom is 0.326 e. The molecular weight excluding hydrogens is 170 g/mol. The molecule has 4 heteroatoms. The Kier molecular flexibility index (Phi) is 3.69. The molecule has 0 saturated carbocycles. The summed E-state index contributed by atoms with van der Waals surface area (Å²) in [6, 6.07) is 0. The van der Waals surface area contributed by atoms with Gasteiger partial charge in [-0.3, -0.25) is 4.79 Å². The van der Waals surface area contributed by atoms with Gasteiger partial charge in [-0.1, -0.05) is 6.92 Å². The van der Waals surface area contributed by atoms with Crippen molar-refractivity contribution in [3.63, 3.8) is 0 Å². The number of likely N-dealkylation sites (N-methyl/N-ethyl adjacent to an activating group) is 1. The predicted molar refractivity (Wildman–Crippen MR) is 48.5 cm³/mol. The quantitative estimate of drug-likeness (QED) is 0.646. The van der Waals surface area contributed by atoms with Gasteiger partial charge in [0.1, 0.15) is 5.54 Å². The zero-order valence-corrected chi connectivity index (χ0v) is 8.26. The third-order valence-corrected chi connectivity index (χ3v) is 2.44. The Hall–Kier alpha value is -0.610. The topological polar surface area (TPSA) is 47.6 Å². The van der Waals surface area contributed by atoms with Crippen LogP contribution in [0.5, 0.6) is 0 Å². The molecule has 1 aliphatic heterocycles. The molecular formula is C9H17NO3. The Labute approximate surface area is 78.6 Å². The standard InChI is InChI=1S/C9H17NO3/c1-3-10-9(8(11)12-2)4-6-13-7-5-9/h10H,3-7H2,1-2H3. The number of hydrogen-bond acceptors (Lipinski definition) is 4. The van der Waals surface area contributed by atoms with Crippen molar-refractivity contribution in [2.75, 3.05) is 26.9 Å². The van der Waals surface area contributed by atoms with Crippen molar-refractivity contribution in [2.45, 2.75) is 25.3 Å². The first kappa shape index (κ1) is 10.5. The number of esters is 1. The fourth-order valence-corrected chi connectivity index (χ4v) is 1.71. The Balaban J connectivity index is 2.66. The molecule has 0 spiro atoms. The van der Waals surface area contributed by atoms with Gasteiger partial charge in [0.15, 0.2) is 0 Å². The second-order valence-corrected chi connectivity index (χ2v) is 3.22. The molecule has 0 amide bonds. The fourth-order valence-electron chi connectivity index (χ4n) is 1.71. The first-order valence-corrected chi connectivity index (χ1v) is 4.66. The van der Waals surface area contributed by atoms with Crippen LogP contribution in [0.1, 0.15) is 19.8 Å². The minimum atomic E-state index is -0.498. The summed E-state index contributed by atoms with van der Waals surface area (Å²) in [7, 11) is 1.43. The number of carbonyl (C=O) groups excluding carboxylic acids is 1. The van der Waals surface area contributed by atoms with E-state index in [2.05, 4.69) is 5.32 Å². The summed E-state index contributed by atoms with van der Waals surface area (Å²) in [6.07, 6.45) is 1.40. The van der Waals surface area contributed by atoms with E-state index in [0.717, 1.165) is 6.54 Å². The third-order valence-electron chi connectivity index (χ3n) is 2.44. The van der Waals surface area contributed by atoms with Crippen LogP contribution in [0.4, 0.5) is 0 Å². The SMILES string of the molecule is CCNC1(C(=O)OC)CCOCC1. The Morgan fingerprint density at radius 2 is 2.15 bits per heavy atom. The monoisotopic (exact) mass is 187 g/mol. The summed E-state index contributed by atoms with van der Waals surface area (Å²) in [4.78, 5) is 11.5. The van der Waals surface area contributed by atoms with Crippen LogP contribution in [0.25, 0.3) is 0 Å². The van der Waals surface area contributed by atoms with Crippen molar-refractivity contribution in [1.29, 1.82) is 0 Å². The Morgan fingerprint density at radius 1 is 1.54 bits per heavy atom. The van der Waals surface area contributed by atoms with Crippen LogP contribution in [-0.2, 0) is 14.3 Å². The molecule has 1 saturated heterocycles. The largest absolute Gasteiger partial charge is 0.468 e. The highest BCUT2D eigenvalue weighted by Gasteiger charge is 2.40. The number of hydrogen-bond donors (Lipinski definition) is 1. The van der Waals surface area contributed by atoms with E-state index in [1.54, 1.807) is 0 Å². The highest BCUT2D eigenvalue weighted by atomic mass is 16.5. The van der Waals surface area contributed by atoms with Crippen LogP contribution in [0.3, 0.4) is 0 Å². The number of ether oxygens (including phenoxy) is 2. The lowest BCUT2D eigenvalue weighted by molar-refractivity contribution is -0.152.